The summed E-state index contributed by atoms with van der Waals surface area (Å²) < 4.78 is 0. The zero-order valence-corrected chi connectivity index (χ0v) is 11.3. The lowest BCUT2D eigenvalue weighted by Crippen LogP contribution is -2.36. The van der Waals surface area contributed by atoms with Crippen molar-refractivity contribution in [2.45, 2.75) is 47.0 Å². The number of likely N-dealkylation sites (tertiary alicyclic amines) is 1. The summed E-state index contributed by atoms with van der Waals surface area (Å²) in [6.45, 7) is 12.0. The van der Waals surface area contributed by atoms with Gasteiger partial charge in [-0.3, -0.25) is 0 Å². The van der Waals surface area contributed by atoms with E-state index in [1.54, 1.807) is 0 Å². The van der Waals surface area contributed by atoms with E-state index in [0.29, 0.717) is 0 Å². The molecule has 0 radical (unpaired) electrons. The van der Waals surface area contributed by atoms with Crippen LogP contribution in [-0.4, -0.2) is 30.8 Å². The van der Waals surface area contributed by atoms with Crippen molar-refractivity contribution in [2.24, 2.45) is 17.3 Å². The van der Waals surface area contributed by atoms with Crippen molar-refractivity contribution in [2.75, 3.05) is 19.6 Å². The van der Waals surface area contributed by atoms with Crippen LogP contribution < -0.4 is 0 Å². The normalized spacial score (nSPS) is 24.4. The Hall–Kier alpha value is -0.370. The third-order valence-corrected chi connectivity index (χ3v) is 3.76. The van der Waals surface area contributed by atoms with Crippen molar-refractivity contribution in [3.8, 4) is 0 Å². The summed E-state index contributed by atoms with van der Waals surface area (Å²) in [5.74, 6) is 1.68. The van der Waals surface area contributed by atoms with Crippen LogP contribution in [0.25, 0.3) is 0 Å². The molecule has 0 aromatic carbocycles. The van der Waals surface area contributed by atoms with Gasteiger partial charge in [0.05, 0.1) is 0 Å². The van der Waals surface area contributed by atoms with Gasteiger partial charge < -0.3 is 9.69 Å². The molecule has 0 aromatic rings. The van der Waals surface area contributed by atoms with E-state index in [1.807, 2.05) is 13.8 Å². The van der Waals surface area contributed by atoms with Gasteiger partial charge in [0.2, 0.25) is 0 Å². The largest absolute Gasteiger partial charge is 0.303 e. The summed E-state index contributed by atoms with van der Waals surface area (Å²) in [5, 5.41) is 0. The highest BCUT2D eigenvalue weighted by Gasteiger charge is 2.24. The first-order valence-electron chi connectivity index (χ1n) is 6.63. The smallest absolute Gasteiger partial charge is 0.126 e. The Balaban J connectivity index is 2.44. The van der Waals surface area contributed by atoms with Crippen LogP contribution >= 0.6 is 0 Å². The van der Waals surface area contributed by atoms with Gasteiger partial charge >= 0.3 is 0 Å². The van der Waals surface area contributed by atoms with Crippen molar-refractivity contribution in [1.29, 1.82) is 0 Å². The third kappa shape index (κ3) is 4.25. The van der Waals surface area contributed by atoms with Crippen molar-refractivity contribution >= 4 is 6.29 Å². The van der Waals surface area contributed by atoms with E-state index in [0.717, 1.165) is 24.7 Å². The fourth-order valence-electron chi connectivity index (χ4n) is 2.62. The first-order valence-corrected chi connectivity index (χ1v) is 6.63. The second-order valence-corrected chi connectivity index (χ2v) is 6.32. The van der Waals surface area contributed by atoms with Gasteiger partial charge in [0.15, 0.2) is 0 Å². The molecule has 1 fully saturated rings. The van der Waals surface area contributed by atoms with Crippen LogP contribution in [0.5, 0.6) is 0 Å². The Bertz CT molecular complexity index is 223. The van der Waals surface area contributed by atoms with Crippen molar-refractivity contribution < 1.29 is 4.79 Å². The quantitative estimate of drug-likeness (QED) is 0.686. The Labute approximate surface area is 100 Å². The molecule has 0 aliphatic carbocycles. The molecule has 1 aliphatic rings. The molecule has 1 rings (SSSR count). The SMILES string of the molecule is CC(C)C1CCCN(CC(C)(C)C=O)CC1. The summed E-state index contributed by atoms with van der Waals surface area (Å²) in [6, 6.07) is 0. The Morgan fingerprint density at radius 3 is 2.56 bits per heavy atom. The molecule has 1 unspecified atom stereocenters. The maximum Gasteiger partial charge on any atom is 0.126 e. The second kappa shape index (κ2) is 5.81. The molecule has 94 valence electrons. The fraction of sp³-hybridized carbons (Fsp3) is 0.929. The Morgan fingerprint density at radius 2 is 2.00 bits per heavy atom. The summed E-state index contributed by atoms with van der Waals surface area (Å²) in [6.07, 6.45) is 5.04. The van der Waals surface area contributed by atoms with Gasteiger partial charge in [0.1, 0.15) is 6.29 Å². The molecule has 1 aliphatic heterocycles. The molecule has 0 aromatic heterocycles. The average molecular weight is 225 g/mol. The van der Waals surface area contributed by atoms with Crippen LogP contribution in [0.2, 0.25) is 0 Å². The van der Waals surface area contributed by atoms with E-state index in [9.17, 15) is 4.79 Å². The van der Waals surface area contributed by atoms with Crippen LogP contribution in [0.4, 0.5) is 0 Å². The van der Waals surface area contributed by atoms with Gasteiger partial charge in [-0.15, -0.1) is 0 Å². The highest BCUT2D eigenvalue weighted by Crippen LogP contribution is 2.25. The standard InChI is InChI=1S/C14H27NO/c1-12(2)13-6-5-8-15(9-7-13)10-14(3,4)11-16/h11-13H,5-10H2,1-4H3. The lowest BCUT2D eigenvalue weighted by molar-refractivity contribution is -0.115. The number of carbonyl (C=O) groups is 1. The molecule has 0 saturated carbocycles. The number of aldehydes is 1. The van der Waals surface area contributed by atoms with E-state index >= 15 is 0 Å². The topological polar surface area (TPSA) is 20.3 Å². The highest BCUT2D eigenvalue weighted by molar-refractivity contribution is 5.58. The molecule has 2 nitrogen and oxygen atoms in total. The Kier molecular flexibility index (Phi) is 4.97. The summed E-state index contributed by atoms with van der Waals surface area (Å²) >= 11 is 0. The lowest BCUT2D eigenvalue weighted by atomic mass is 9.89. The monoisotopic (exact) mass is 225 g/mol. The van der Waals surface area contributed by atoms with Gasteiger partial charge in [0.25, 0.3) is 0 Å². The van der Waals surface area contributed by atoms with E-state index in [-0.39, 0.29) is 5.41 Å². The first kappa shape index (κ1) is 13.7. The number of carbonyl (C=O) groups excluding carboxylic acids is 1. The molecule has 1 atom stereocenters. The van der Waals surface area contributed by atoms with Crippen LogP contribution in [0, 0.1) is 17.3 Å². The molecule has 2 heteroatoms. The Morgan fingerprint density at radius 1 is 1.31 bits per heavy atom. The second-order valence-electron chi connectivity index (χ2n) is 6.32. The molecule has 16 heavy (non-hydrogen) atoms. The minimum absolute atomic E-state index is 0.183. The number of rotatable bonds is 4. The maximum absolute atomic E-state index is 10.9. The summed E-state index contributed by atoms with van der Waals surface area (Å²) in [5.41, 5.74) is -0.183. The van der Waals surface area contributed by atoms with E-state index in [4.69, 9.17) is 0 Å². The lowest BCUT2D eigenvalue weighted by Gasteiger charge is -2.27. The van der Waals surface area contributed by atoms with Crippen LogP contribution in [-0.2, 0) is 4.79 Å². The first-order chi connectivity index (χ1) is 7.44. The van der Waals surface area contributed by atoms with Crippen molar-refractivity contribution in [3.05, 3.63) is 0 Å². The summed E-state index contributed by atoms with van der Waals surface area (Å²) in [4.78, 5) is 13.4. The fourth-order valence-corrected chi connectivity index (χ4v) is 2.62. The highest BCUT2D eigenvalue weighted by atomic mass is 16.1. The van der Waals surface area contributed by atoms with Gasteiger partial charge in [-0.2, -0.15) is 0 Å². The molecule has 1 saturated heterocycles. The summed E-state index contributed by atoms with van der Waals surface area (Å²) in [7, 11) is 0. The molecule has 0 bridgehead atoms. The van der Waals surface area contributed by atoms with Crippen LogP contribution in [0.1, 0.15) is 47.0 Å². The predicted molar refractivity (Wildman–Crippen MR) is 68.5 cm³/mol. The third-order valence-electron chi connectivity index (χ3n) is 3.76. The minimum Gasteiger partial charge on any atom is -0.303 e. The molecule has 0 spiro atoms. The van der Waals surface area contributed by atoms with Gasteiger partial charge in [-0.05, 0) is 44.2 Å². The molecular weight excluding hydrogens is 198 g/mol. The molecule has 0 N–H and O–H groups in total. The van der Waals surface area contributed by atoms with E-state index < -0.39 is 0 Å². The average Bonchev–Trinajstić information content (AvgIpc) is 2.43. The van der Waals surface area contributed by atoms with Crippen LogP contribution in [0.15, 0.2) is 0 Å². The van der Waals surface area contributed by atoms with Crippen LogP contribution in [0.3, 0.4) is 0 Å². The molecular formula is C14H27NO. The predicted octanol–water partition coefficient (Wildman–Crippen LogP) is 2.97. The minimum atomic E-state index is -0.183. The van der Waals surface area contributed by atoms with Gasteiger partial charge in [0, 0.05) is 12.0 Å². The van der Waals surface area contributed by atoms with Gasteiger partial charge in [-0.1, -0.05) is 27.7 Å². The van der Waals surface area contributed by atoms with E-state index in [2.05, 4.69) is 18.7 Å². The van der Waals surface area contributed by atoms with E-state index in [1.165, 1.54) is 32.4 Å². The molecule has 0 amide bonds. The number of hydrogen-bond acceptors (Lipinski definition) is 2. The molecule has 1 heterocycles. The van der Waals surface area contributed by atoms with Crippen molar-refractivity contribution in [1.82, 2.24) is 4.90 Å². The zero-order valence-electron chi connectivity index (χ0n) is 11.3. The maximum atomic E-state index is 10.9. The number of nitrogens with zero attached hydrogens (tertiary/aromatic N) is 1. The zero-order chi connectivity index (χ0) is 12.2. The number of hydrogen-bond donors (Lipinski definition) is 0. The van der Waals surface area contributed by atoms with Gasteiger partial charge in [-0.25, -0.2) is 0 Å². The van der Waals surface area contributed by atoms with Crippen molar-refractivity contribution in [3.63, 3.8) is 0 Å².